The molecule has 0 aliphatic rings. The standard InChI is InChI=1S/C14H21NO3/c1-4-8-15(9-5-2)14(17)12-7-6-11(18-3)10-13(12)16/h6-7,10,16H,4-5,8-9H2,1-3H3. The second-order valence-corrected chi connectivity index (χ2v) is 4.18. The van der Waals surface area contributed by atoms with Crippen molar-refractivity contribution >= 4 is 5.91 Å². The maximum atomic E-state index is 12.3. The largest absolute Gasteiger partial charge is 0.507 e. The minimum absolute atomic E-state index is 0.0310. The van der Waals surface area contributed by atoms with Crippen LogP contribution in [0, 0.1) is 0 Å². The zero-order valence-corrected chi connectivity index (χ0v) is 11.3. The molecular formula is C14H21NO3. The van der Waals surface area contributed by atoms with Crippen LogP contribution < -0.4 is 4.74 Å². The van der Waals surface area contributed by atoms with Crippen molar-refractivity contribution in [3.63, 3.8) is 0 Å². The molecule has 1 N–H and O–H groups in total. The van der Waals surface area contributed by atoms with E-state index in [1.165, 1.54) is 13.2 Å². The second-order valence-electron chi connectivity index (χ2n) is 4.18. The average molecular weight is 251 g/mol. The van der Waals surface area contributed by atoms with Crippen molar-refractivity contribution in [1.29, 1.82) is 0 Å². The van der Waals surface area contributed by atoms with E-state index in [4.69, 9.17) is 4.74 Å². The molecule has 0 fully saturated rings. The van der Waals surface area contributed by atoms with Crippen LogP contribution in [0.5, 0.6) is 11.5 Å². The van der Waals surface area contributed by atoms with Gasteiger partial charge in [-0.15, -0.1) is 0 Å². The van der Waals surface area contributed by atoms with E-state index < -0.39 is 0 Å². The predicted octanol–water partition coefficient (Wildman–Crippen LogP) is 2.66. The van der Waals surface area contributed by atoms with Crippen LogP contribution in [-0.2, 0) is 0 Å². The molecule has 0 unspecified atom stereocenters. The summed E-state index contributed by atoms with van der Waals surface area (Å²) in [7, 11) is 1.52. The van der Waals surface area contributed by atoms with Gasteiger partial charge in [-0.05, 0) is 25.0 Å². The third kappa shape index (κ3) is 3.39. The number of aromatic hydroxyl groups is 1. The second kappa shape index (κ2) is 6.89. The molecule has 0 heterocycles. The lowest BCUT2D eigenvalue weighted by Gasteiger charge is -2.22. The minimum atomic E-state index is -0.126. The first-order valence-electron chi connectivity index (χ1n) is 6.30. The first kappa shape index (κ1) is 14.4. The summed E-state index contributed by atoms with van der Waals surface area (Å²) in [4.78, 5) is 14.0. The van der Waals surface area contributed by atoms with Crippen LogP contribution in [0.1, 0.15) is 37.0 Å². The molecule has 1 amide bonds. The molecule has 0 spiro atoms. The van der Waals surface area contributed by atoms with Gasteiger partial charge in [-0.25, -0.2) is 0 Å². The van der Waals surface area contributed by atoms with Crippen LogP contribution in [0.4, 0.5) is 0 Å². The third-order valence-electron chi connectivity index (χ3n) is 2.71. The van der Waals surface area contributed by atoms with Crippen LogP contribution in [0.3, 0.4) is 0 Å². The Labute approximate surface area is 108 Å². The normalized spacial score (nSPS) is 10.2. The lowest BCUT2D eigenvalue weighted by atomic mass is 10.1. The van der Waals surface area contributed by atoms with E-state index in [1.54, 1.807) is 17.0 Å². The Bertz CT molecular complexity index is 398. The SMILES string of the molecule is CCCN(CCC)C(=O)c1ccc(OC)cc1O. The highest BCUT2D eigenvalue weighted by atomic mass is 16.5. The van der Waals surface area contributed by atoms with E-state index in [0.29, 0.717) is 24.4 Å². The van der Waals surface area contributed by atoms with Gasteiger partial charge >= 0.3 is 0 Å². The summed E-state index contributed by atoms with van der Waals surface area (Å²) in [6.45, 7) is 5.48. The molecule has 0 aliphatic carbocycles. The lowest BCUT2D eigenvalue weighted by Crippen LogP contribution is -2.32. The zero-order chi connectivity index (χ0) is 13.5. The molecule has 0 aromatic heterocycles. The van der Waals surface area contributed by atoms with E-state index in [2.05, 4.69) is 0 Å². The molecule has 0 atom stereocenters. The first-order valence-corrected chi connectivity index (χ1v) is 6.30. The number of hydrogen-bond acceptors (Lipinski definition) is 3. The summed E-state index contributed by atoms with van der Waals surface area (Å²) in [6.07, 6.45) is 1.81. The fourth-order valence-electron chi connectivity index (χ4n) is 1.84. The van der Waals surface area contributed by atoms with Crippen molar-refractivity contribution < 1.29 is 14.6 Å². The number of nitrogens with zero attached hydrogens (tertiary/aromatic N) is 1. The maximum Gasteiger partial charge on any atom is 0.257 e. The summed E-state index contributed by atoms with van der Waals surface area (Å²) < 4.78 is 5.00. The number of phenolic OH excluding ortho intramolecular Hbond substituents is 1. The van der Waals surface area contributed by atoms with Crippen LogP contribution in [0.15, 0.2) is 18.2 Å². The Morgan fingerprint density at radius 1 is 1.28 bits per heavy atom. The third-order valence-corrected chi connectivity index (χ3v) is 2.71. The molecule has 0 bridgehead atoms. The van der Waals surface area contributed by atoms with E-state index in [-0.39, 0.29) is 11.7 Å². The van der Waals surface area contributed by atoms with Crippen LogP contribution in [0.2, 0.25) is 0 Å². The number of rotatable bonds is 6. The van der Waals surface area contributed by atoms with Gasteiger partial charge in [0, 0.05) is 19.2 Å². The van der Waals surface area contributed by atoms with Gasteiger partial charge in [0.15, 0.2) is 0 Å². The average Bonchev–Trinajstić information content (AvgIpc) is 2.37. The number of phenols is 1. The van der Waals surface area contributed by atoms with Gasteiger partial charge in [-0.2, -0.15) is 0 Å². The topological polar surface area (TPSA) is 49.8 Å². The van der Waals surface area contributed by atoms with Crippen molar-refractivity contribution in [3.8, 4) is 11.5 Å². The molecule has 0 saturated carbocycles. The van der Waals surface area contributed by atoms with Crippen molar-refractivity contribution in [3.05, 3.63) is 23.8 Å². The van der Waals surface area contributed by atoms with Crippen LogP contribution in [-0.4, -0.2) is 36.1 Å². The molecule has 1 rings (SSSR count). The molecule has 0 radical (unpaired) electrons. The molecule has 1 aromatic rings. The van der Waals surface area contributed by atoms with Gasteiger partial charge < -0.3 is 14.7 Å². The first-order chi connectivity index (χ1) is 8.63. The fourth-order valence-corrected chi connectivity index (χ4v) is 1.84. The van der Waals surface area contributed by atoms with Gasteiger partial charge in [0.25, 0.3) is 5.91 Å². The minimum Gasteiger partial charge on any atom is -0.507 e. The Balaban J connectivity index is 2.93. The van der Waals surface area contributed by atoms with Gasteiger partial charge in [-0.3, -0.25) is 4.79 Å². The number of methoxy groups -OCH3 is 1. The van der Waals surface area contributed by atoms with Crippen molar-refractivity contribution in [2.75, 3.05) is 20.2 Å². The van der Waals surface area contributed by atoms with Crippen LogP contribution >= 0.6 is 0 Å². The quantitative estimate of drug-likeness (QED) is 0.845. The van der Waals surface area contributed by atoms with E-state index in [0.717, 1.165) is 12.8 Å². The highest BCUT2D eigenvalue weighted by Crippen LogP contribution is 2.24. The summed E-state index contributed by atoms with van der Waals surface area (Å²) in [5, 5.41) is 9.85. The highest BCUT2D eigenvalue weighted by molar-refractivity contribution is 5.97. The monoisotopic (exact) mass is 251 g/mol. The van der Waals surface area contributed by atoms with Crippen molar-refractivity contribution in [1.82, 2.24) is 4.90 Å². The summed E-state index contributed by atoms with van der Waals surface area (Å²) >= 11 is 0. The van der Waals surface area contributed by atoms with Crippen molar-refractivity contribution in [2.45, 2.75) is 26.7 Å². The predicted molar refractivity (Wildman–Crippen MR) is 71.1 cm³/mol. The maximum absolute atomic E-state index is 12.3. The molecule has 18 heavy (non-hydrogen) atoms. The number of hydrogen-bond donors (Lipinski definition) is 1. The van der Waals surface area contributed by atoms with E-state index in [9.17, 15) is 9.90 Å². The molecule has 0 saturated heterocycles. The van der Waals surface area contributed by atoms with Crippen LogP contribution in [0.25, 0.3) is 0 Å². The van der Waals surface area contributed by atoms with Gasteiger partial charge in [-0.1, -0.05) is 13.8 Å². The molecule has 0 aliphatic heterocycles. The molecular weight excluding hydrogens is 230 g/mol. The number of carbonyl (C=O) groups is 1. The summed E-state index contributed by atoms with van der Waals surface area (Å²) in [6, 6.07) is 4.75. The summed E-state index contributed by atoms with van der Waals surface area (Å²) in [5.41, 5.74) is 0.331. The Morgan fingerprint density at radius 3 is 2.33 bits per heavy atom. The number of carbonyl (C=O) groups excluding carboxylic acids is 1. The Morgan fingerprint density at radius 2 is 1.89 bits per heavy atom. The zero-order valence-electron chi connectivity index (χ0n) is 11.3. The van der Waals surface area contributed by atoms with Gasteiger partial charge in [0.05, 0.1) is 12.7 Å². The number of amides is 1. The van der Waals surface area contributed by atoms with Crippen molar-refractivity contribution in [2.24, 2.45) is 0 Å². The highest BCUT2D eigenvalue weighted by Gasteiger charge is 2.18. The molecule has 4 heteroatoms. The van der Waals surface area contributed by atoms with E-state index >= 15 is 0 Å². The lowest BCUT2D eigenvalue weighted by molar-refractivity contribution is 0.0752. The smallest absolute Gasteiger partial charge is 0.257 e. The number of ether oxygens (including phenoxy) is 1. The molecule has 1 aromatic carbocycles. The number of benzene rings is 1. The Hall–Kier alpha value is -1.71. The summed E-state index contributed by atoms with van der Waals surface area (Å²) in [5.74, 6) is 0.386. The molecule has 100 valence electrons. The fraction of sp³-hybridized carbons (Fsp3) is 0.500. The van der Waals surface area contributed by atoms with Gasteiger partial charge in [0.1, 0.15) is 11.5 Å². The Kier molecular flexibility index (Phi) is 5.49. The van der Waals surface area contributed by atoms with Gasteiger partial charge in [0.2, 0.25) is 0 Å². The van der Waals surface area contributed by atoms with E-state index in [1.807, 2.05) is 13.8 Å². The molecule has 4 nitrogen and oxygen atoms in total.